The molecule has 104 valence electrons. The third-order valence-electron chi connectivity index (χ3n) is 2.62. The summed E-state index contributed by atoms with van der Waals surface area (Å²) in [5.74, 6) is -1.28. The van der Waals surface area contributed by atoms with Crippen LogP contribution in [-0.2, 0) is 6.42 Å². The summed E-state index contributed by atoms with van der Waals surface area (Å²) >= 11 is 1.27. The second-order valence-corrected chi connectivity index (χ2v) is 5.05. The van der Waals surface area contributed by atoms with Crippen LogP contribution in [0.1, 0.15) is 31.5 Å². The predicted octanol–water partition coefficient (Wildman–Crippen LogP) is 1.52. The smallest absolute Gasteiger partial charge is 0.355 e. The molecule has 0 aliphatic rings. The standard InChI is InChI=1S/C13H13N3O3S/c1-8-3-2-5-14-11(8)12(17)15-6-4-10-16-9(7-20-10)13(18)19/h2-3,5,7H,4,6H2,1H3,(H,15,17)(H,18,19). The van der Waals surface area contributed by atoms with Crippen molar-refractivity contribution >= 4 is 23.2 Å². The Balaban J connectivity index is 1.88. The topological polar surface area (TPSA) is 92.2 Å². The lowest BCUT2D eigenvalue weighted by Gasteiger charge is -2.05. The van der Waals surface area contributed by atoms with Gasteiger partial charge in [-0.1, -0.05) is 6.07 Å². The highest BCUT2D eigenvalue weighted by molar-refractivity contribution is 7.09. The molecule has 0 aliphatic heterocycles. The van der Waals surface area contributed by atoms with Gasteiger partial charge in [-0.25, -0.2) is 9.78 Å². The van der Waals surface area contributed by atoms with Crippen molar-refractivity contribution < 1.29 is 14.7 Å². The SMILES string of the molecule is Cc1cccnc1C(=O)NCCc1nc(C(=O)O)cs1. The number of aromatic carboxylic acids is 1. The molecule has 2 aromatic rings. The largest absolute Gasteiger partial charge is 0.476 e. The summed E-state index contributed by atoms with van der Waals surface area (Å²) in [6.07, 6.45) is 2.07. The van der Waals surface area contributed by atoms with E-state index in [0.29, 0.717) is 23.7 Å². The molecule has 2 rings (SSSR count). The molecule has 1 amide bonds. The zero-order valence-corrected chi connectivity index (χ0v) is 11.6. The molecule has 2 aromatic heterocycles. The normalized spacial score (nSPS) is 10.2. The maximum atomic E-state index is 11.9. The first-order valence-corrected chi connectivity index (χ1v) is 6.83. The van der Waals surface area contributed by atoms with Crippen LogP contribution in [-0.4, -0.2) is 33.5 Å². The average molecular weight is 291 g/mol. The summed E-state index contributed by atoms with van der Waals surface area (Å²) < 4.78 is 0. The highest BCUT2D eigenvalue weighted by atomic mass is 32.1. The highest BCUT2D eigenvalue weighted by Crippen LogP contribution is 2.10. The van der Waals surface area contributed by atoms with E-state index in [9.17, 15) is 9.59 Å². The first-order valence-electron chi connectivity index (χ1n) is 5.95. The molecule has 0 atom stereocenters. The molecule has 2 heterocycles. The lowest BCUT2D eigenvalue weighted by molar-refractivity contribution is 0.0690. The molecular formula is C13H13N3O3S. The molecule has 2 N–H and O–H groups in total. The number of rotatable bonds is 5. The number of nitrogens with one attached hydrogen (secondary N) is 1. The number of amides is 1. The summed E-state index contributed by atoms with van der Waals surface area (Å²) in [5, 5.41) is 13.7. The van der Waals surface area contributed by atoms with Crippen molar-refractivity contribution in [3.05, 3.63) is 45.7 Å². The Morgan fingerprint density at radius 1 is 1.45 bits per heavy atom. The van der Waals surface area contributed by atoms with Crippen LogP contribution in [0.15, 0.2) is 23.7 Å². The fourth-order valence-electron chi connectivity index (χ4n) is 1.61. The van der Waals surface area contributed by atoms with Gasteiger partial charge in [0.05, 0.1) is 5.01 Å². The molecule has 0 bridgehead atoms. The van der Waals surface area contributed by atoms with Crippen LogP contribution in [0.4, 0.5) is 0 Å². The van der Waals surface area contributed by atoms with E-state index in [1.807, 2.05) is 13.0 Å². The van der Waals surface area contributed by atoms with Crippen LogP contribution < -0.4 is 5.32 Å². The van der Waals surface area contributed by atoms with Crippen LogP contribution >= 0.6 is 11.3 Å². The van der Waals surface area contributed by atoms with Crippen LogP contribution in [0.5, 0.6) is 0 Å². The van der Waals surface area contributed by atoms with Gasteiger partial charge in [-0.05, 0) is 18.6 Å². The van der Waals surface area contributed by atoms with Crippen molar-refractivity contribution in [2.45, 2.75) is 13.3 Å². The second-order valence-electron chi connectivity index (χ2n) is 4.11. The quantitative estimate of drug-likeness (QED) is 0.871. The number of hydrogen-bond acceptors (Lipinski definition) is 5. The van der Waals surface area contributed by atoms with E-state index < -0.39 is 5.97 Å². The number of thiazole rings is 1. The van der Waals surface area contributed by atoms with Crippen molar-refractivity contribution in [3.63, 3.8) is 0 Å². The monoisotopic (exact) mass is 291 g/mol. The Morgan fingerprint density at radius 3 is 2.90 bits per heavy atom. The van der Waals surface area contributed by atoms with Gasteiger partial charge in [0.1, 0.15) is 5.69 Å². The van der Waals surface area contributed by atoms with Gasteiger partial charge in [-0.2, -0.15) is 0 Å². The minimum Gasteiger partial charge on any atom is -0.476 e. The van der Waals surface area contributed by atoms with Crippen LogP contribution in [0.2, 0.25) is 0 Å². The minimum absolute atomic E-state index is 0.0388. The summed E-state index contributed by atoms with van der Waals surface area (Å²) in [4.78, 5) is 30.5. The van der Waals surface area contributed by atoms with E-state index in [-0.39, 0.29) is 11.6 Å². The van der Waals surface area contributed by atoms with Crippen LogP contribution in [0.25, 0.3) is 0 Å². The Bertz CT molecular complexity index is 639. The summed E-state index contributed by atoms with van der Waals surface area (Å²) in [6, 6.07) is 3.59. The zero-order chi connectivity index (χ0) is 14.5. The van der Waals surface area contributed by atoms with Gasteiger partial charge < -0.3 is 10.4 Å². The summed E-state index contributed by atoms with van der Waals surface area (Å²) in [7, 11) is 0. The fraction of sp³-hybridized carbons (Fsp3) is 0.231. The molecule has 0 fully saturated rings. The number of hydrogen-bond donors (Lipinski definition) is 2. The first kappa shape index (κ1) is 14.1. The van der Waals surface area contributed by atoms with E-state index in [0.717, 1.165) is 5.56 Å². The molecule has 0 radical (unpaired) electrons. The Morgan fingerprint density at radius 2 is 2.25 bits per heavy atom. The van der Waals surface area contributed by atoms with Crippen molar-refractivity contribution in [1.82, 2.24) is 15.3 Å². The third-order valence-corrected chi connectivity index (χ3v) is 3.53. The summed E-state index contributed by atoms with van der Waals surface area (Å²) in [6.45, 7) is 2.21. The number of carboxylic acids is 1. The number of carboxylic acid groups (broad SMARTS) is 1. The summed E-state index contributed by atoms with van der Waals surface area (Å²) in [5.41, 5.74) is 1.25. The number of carbonyl (C=O) groups excluding carboxylic acids is 1. The molecule has 0 aromatic carbocycles. The van der Waals surface area contributed by atoms with Crippen molar-refractivity contribution in [1.29, 1.82) is 0 Å². The van der Waals surface area contributed by atoms with Crippen LogP contribution in [0.3, 0.4) is 0 Å². The van der Waals surface area contributed by atoms with Crippen molar-refractivity contribution in [2.75, 3.05) is 6.54 Å². The van der Waals surface area contributed by atoms with E-state index in [1.54, 1.807) is 12.3 Å². The molecule has 6 nitrogen and oxygen atoms in total. The predicted molar refractivity (Wildman–Crippen MR) is 74.1 cm³/mol. The zero-order valence-electron chi connectivity index (χ0n) is 10.8. The van der Waals surface area contributed by atoms with Crippen molar-refractivity contribution in [2.24, 2.45) is 0 Å². The molecule has 0 saturated heterocycles. The van der Waals surface area contributed by atoms with Gasteiger partial charge in [0.25, 0.3) is 5.91 Å². The molecule has 0 saturated carbocycles. The Hall–Kier alpha value is -2.28. The van der Waals surface area contributed by atoms with Gasteiger partial charge in [-0.15, -0.1) is 11.3 Å². The number of carbonyl (C=O) groups is 2. The van der Waals surface area contributed by atoms with E-state index in [4.69, 9.17) is 5.11 Å². The van der Waals surface area contributed by atoms with E-state index in [1.165, 1.54) is 16.7 Å². The van der Waals surface area contributed by atoms with Gasteiger partial charge in [0, 0.05) is 24.5 Å². The lowest BCUT2D eigenvalue weighted by Crippen LogP contribution is -2.27. The van der Waals surface area contributed by atoms with Gasteiger partial charge in [0.2, 0.25) is 0 Å². The minimum atomic E-state index is -1.04. The number of aryl methyl sites for hydroxylation is 1. The maximum absolute atomic E-state index is 11.9. The number of pyridine rings is 1. The Kier molecular flexibility index (Phi) is 4.41. The first-order chi connectivity index (χ1) is 9.58. The highest BCUT2D eigenvalue weighted by Gasteiger charge is 2.11. The molecule has 0 aliphatic carbocycles. The molecular weight excluding hydrogens is 278 g/mol. The second kappa shape index (κ2) is 6.25. The van der Waals surface area contributed by atoms with Gasteiger partial charge in [0.15, 0.2) is 5.69 Å². The number of nitrogens with zero attached hydrogens (tertiary/aromatic N) is 2. The van der Waals surface area contributed by atoms with E-state index >= 15 is 0 Å². The fourth-order valence-corrected chi connectivity index (χ4v) is 2.39. The van der Waals surface area contributed by atoms with Gasteiger partial charge >= 0.3 is 5.97 Å². The van der Waals surface area contributed by atoms with Crippen LogP contribution in [0, 0.1) is 6.92 Å². The Labute approximate surface area is 119 Å². The molecule has 0 unspecified atom stereocenters. The van der Waals surface area contributed by atoms with Gasteiger partial charge in [-0.3, -0.25) is 9.78 Å². The number of aromatic nitrogens is 2. The van der Waals surface area contributed by atoms with E-state index in [2.05, 4.69) is 15.3 Å². The average Bonchev–Trinajstić information content (AvgIpc) is 2.88. The maximum Gasteiger partial charge on any atom is 0.355 e. The molecule has 0 spiro atoms. The lowest BCUT2D eigenvalue weighted by atomic mass is 10.2. The molecule has 7 heteroatoms. The molecule has 20 heavy (non-hydrogen) atoms. The van der Waals surface area contributed by atoms with Crippen molar-refractivity contribution in [3.8, 4) is 0 Å². The third kappa shape index (κ3) is 3.39.